The zero-order chi connectivity index (χ0) is 19.3. The van der Waals surface area contributed by atoms with Crippen LogP contribution in [0.1, 0.15) is 25.6 Å². The quantitative estimate of drug-likeness (QED) is 0.748. The average molecular weight is 361 g/mol. The molecule has 1 fully saturated rings. The van der Waals surface area contributed by atoms with Gasteiger partial charge in [0.15, 0.2) is 5.78 Å². The van der Waals surface area contributed by atoms with Crippen LogP contribution in [0.15, 0.2) is 48.5 Å². The second kappa shape index (κ2) is 5.94. The SMILES string of the molecule is CN(C)c1cccc(N2C(=N)C(c3nc4ccccc4[nH]3)C(=O)C2(C)C)c1. The molecule has 138 valence electrons. The molecule has 0 bridgehead atoms. The van der Waals surface area contributed by atoms with Gasteiger partial charge in [-0.1, -0.05) is 18.2 Å². The highest BCUT2D eigenvalue weighted by molar-refractivity contribution is 6.25. The standard InChI is InChI=1S/C21H23N5O/c1-21(2)18(27)17(20-23-15-10-5-6-11-16(15)24-20)19(22)26(21)14-9-7-8-13(12-14)25(3)4/h5-12,17,22H,1-4H3,(H,23,24). The second-order valence-electron chi connectivity index (χ2n) is 7.63. The van der Waals surface area contributed by atoms with E-state index < -0.39 is 11.5 Å². The number of aromatic nitrogens is 2. The van der Waals surface area contributed by atoms with Gasteiger partial charge in [-0.25, -0.2) is 4.98 Å². The summed E-state index contributed by atoms with van der Waals surface area (Å²) in [4.78, 5) is 24.9. The summed E-state index contributed by atoms with van der Waals surface area (Å²) in [6.07, 6.45) is 0. The van der Waals surface area contributed by atoms with E-state index in [0.29, 0.717) is 5.82 Å². The zero-order valence-electron chi connectivity index (χ0n) is 15.9. The van der Waals surface area contributed by atoms with E-state index in [1.54, 1.807) is 0 Å². The Hall–Kier alpha value is -3.15. The van der Waals surface area contributed by atoms with E-state index in [1.807, 2.05) is 86.3 Å². The van der Waals surface area contributed by atoms with Crippen LogP contribution >= 0.6 is 0 Å². The van der Waals surface area contributed by atoms with Gasteiger partial charge >= 0.3 is 0 Å². The van der Waals surface area contributed by atoms with Crippen molar-refractivity contribution in [3.8, 4) is 0 Å². The molecule has 2 aromatic carbocycles. The lowest BCUT2D eigenvalue weighted by molar-refractivity contribution is -0.121. The lowest BCUT2D eigenvalue weighted by atomic mass is 9.93. The van der Waals surface area contributed by atoms with Crippen molar-refractivity contribution < 1.29 is 4.79 Å². The number of H-pyrrole nitrogens is 1. The summed E-state index contributed by atoms with van der Waals surface area (Å²) in [6.45, 7) is 3.74. The Morgan fingerprint density at radius 1 is 1.15 bits per heavy atom. The van der Waals surface area contributed by atoms with Crippen molar-refractivity contribution in [2.75, 3.05) is 23.9 Å². The number of amidine groups is 1. The summed E-state index contributed by atoms with van der Waals surface area (Å²) in [7, 11) is 3.95. The number of para-hydroxylation sites is 2. The number of ketones is 1. The number of hydrogen-bond donors (Lipinski definition) is 2. The van der Waals surface area contributed by atoms with Crippen LogP contribution < -0.4 is 9.80 Å². The maximum atomic E-state index is 13.3. The first-order chi connectivity index (χ1) is 12.8. The van der Waals surface area contributed by atoms with Gasteiger partial charge in [0, 0.05) is 25.5 Å². The van der Waals surface area contributed by atoms with Crippen LogP contribution in [0.25, 0.3) is 11.0 Å². The summed E-state index contributed by atoms with van der Waals surface area (Å²) in [5.74, 6) is 0.0581. The zero-order valence-corrected chi connectivity index (χ0v) is 15.9. The van der Waals surface area contributed by atoms with Crippen LogP contribution in [-0.4, -0.2) is 41.2 Å². The molecule has 1 saturated heterocycles. The molecule has 0 saturated carbocycles. The van der Waals surface area contributed by atoms with Crippen molar-refractivity contribution in [3.63, 3.8) is 0 Å². The van der Waals surface area contributed by atoms with E-state index in [-0.39, 0.29) is 11.6 Å². The van der Waals surface area contributed by atoms with Gasteiger partial charge in [0.1, 0.15) is 23.1 Å². The van der Waals surface area contributed by atoms with Crippen LogP contribution in [0.5, 0.6) is 0 Å². The van der Waals surface area contributed by atoms with Crippen LogP contribution in [0.2, 0.25) is 0 Å². The predicted molar refractivity (Wildman–Crippen MR) is 109 cm³/mol. The van der Waals surface area contributed by atoms with Crippen LogP contribution in [-0.2, 0) is 4.79 Å². The molecule has 0 aliphatic carbocycles. The number of carbonyl (C=O) groups excluding carboxylic acids is 1. The van der Waals surface area contributed by atoms with Crippen molar-refractivity contribution in [1.29, 1.82) is 5.41 Å². The van der Waals surface area contributed by atoms with Crippen molar-refractivity contribution >= 4 is 34.0 Å². The maximum absolute atomic E-state index is 13.3. The molecule has 1 aliphatic heterocycles. The van der Waals surface area contributed by atoms with Crippen molar-refractivity contribution in [3.05, 3.63) is 54.4 Å². The summed E-state index contributed by atoms with van der Waals surface area (Å²) in [5, 5.41) is 8.81. The topological polar surface area (TPSA) is 76.1 Å². The smallest absolute Gasteiger partial charge is 0.176 e. The highest BCUT2D eigenvalue weighted by Crippen LogP contribution is 2.40. The van der Waals surface area contributed by atoms with Gasteiger partial charge in [0.05, 0.1) is 11.0 Å². The minimum absolute atomic E-state index is 0.0261. The molecule has 6 heteroatoms. The van der Waals surface area contributed by atoms with E-state index in [2.05, 4.69) is 9.97 Å². The number of carbonyl (C=O) groups is 1. The fourth-order valence-electron chi connectivity index (χ4n) is 3.75. The van der Waals surface area contributed by atoms with E-state index in [0.717, 1.165) is 22.4 Å². The molecule has 0 amide bonds. The second-order valence-corrected chi connectivity index (χ2v) is 7.63. The van der Waals surface area contributed by atoms with Crippen molar-refractivity contribution in [1.82, 2.24) is 9.97 Å². The molecule has 2 N–H and O–H groups in total. The molecule has 1 aromatic heterocycles. The third-order valence-corrected chi connectivity index (χ3v) is 5.22. The monoisotopic (exact) mass is 361 g/mol. The fourth-order valence-corrected chi connectivity index (χ4v) is 3.75. The Morgan fingerprint density at radius 2 is 1.89 bits per heavy atom. The largest absolute Gasteiger partial charge is 0.378 e. The Morgan fingerprint density at radius 3 is 2.59 bits per heavy atom. The number of anilines is 2. The lowest BCUT2D eigenvalue weighted by Gasteiger charge is -2.32. The van der Waals surface area contributed by atoms with Gasteiger partial charge in [0.2, 0.25) is 0 Å². The Kier molecular flexibility index (Phi) is 3.80. The lowest BCUT2D eigenvalue weighted by Crippen LogP contribution is -2.44. The highest BCUT2D eigenvalue weighted by Gasteiger charge is 2.52. The molecule has 27 heavy (non-hydrogen) atoms. The summed E-state index contributed by atoms with van der Waals surface area (Å²) >= 11 is 0. The molecule has 2 heterocycles. The number of hydrogen-bond acceptors (Lipinski definition) is 4. The molecule has 4 rings (SSSR count). The van der Waals surface area contributed by atoms with Gasteiger partial charge in [-0.15, -0.1) is 0 Å². The predicted octanol–water partition coefficient (Wildman–Crippen LogP) is 3.56. The van der Waals surface area contributed by atoms with Crippen LogP contribution in [0.4, 0.5) is 11.4 Å². The Balaban J connectivity index is 1.80. The van der Waals surface area contributed by atoms with Gasteiger partial charge in [-0.3, -0.25) is 10.2 Å². The number of aromatic amines is 1. The molecular weight excluding hydrogens is 338 g/mol. The average Bonchev–Trinajstić information content (AvgIpc) is 3.12. The normalized spacial score (nSPS) is 19.1. The first-order valence-corrected chi connectivity index (χ1v) is 8.95. The first-order valence-electron chi connectivity index (χ1n) is 8.95. The molecule has 1 unspecified atom stereocenters. The Bertz CT molecular complexity index is 1020. The number of imidazole rings is 1. The maximum Gasteiger partial charge on any atom is 0.176 e. The van der Waals surface area contributed by atoms with E-state index >= 15 is 0 Å². The number of rotatable bonds is 3. The van der Waals surface area contributed by atoms with Crippen molar-refractivity contribution in [2.45, 2.75) is 25.3 Å². The molecule has 0 spiro atoms. The number of fused-ring (bicyclic) bond motifs is 1. The fraction of sp³-hybridized carbons (Fsp3) is 0.286. The minimum Gasteiger partial charge on any atom is -0.378 e. The first kappa shape index (κ1) is 17.3. The van der Waals surface area contributed by atoms with E-state index in [1.165, 1.54) is 0 Å². The molecule has 1 aliphatic rings. The molecule has 6 nitrogen and oxygen atoms in total. The number of Topliss-reactive ketones (excluding diaryl/α,β-unsaturated/α-hetero) is 1. The number of nitrogens with zero attached hydrogens (tertiary/aromatic N) is 3. The summed E-state index contributed by atoms with van der Waals surface area (Å²) in [6, 6.07) is 15.6. The Labute approximate surface area is 158 Å². The van der Waals surface area contributed by atoms with Gasteiger partial charge in [-0.05, 0) is 44.2 Å². The number of benzene rings is 2. The third-order valence-electron chi connectivity index (χ3n) is 5.22. The van der Waals surface area contributed by atoms with Gasteiger partial charge in [-0.2, -0.15) is 0 Å². The minimum atomic E-state index is -0.828. The molecule has 1 atom stereocenters. The van der Waals surface area contributed by atoms with Gasteiger partial charge < -0.3 is 14.8 Å². The third kappa shape index (κ3) is 2.60. The number of nitrogens with one attached hydrogen (secondary N) is 2. The van der Waals surface area contributed by atoms with E-state index in [4.69, 9.17) is 5.41 Å². The summed E-state index contributed by atoms with van der Waals surface area (Å²) < 4.78 is 0. The van der Waals surface area contributed by atoms with Crippen LogP contribution in [0, 0.1) is 5.41 Å². The highest BCUT2D eigenvalue weighted by atomic mass is 16.1. The van der Waals surface area contributed by atoms with E-state index in [9.17, 15) is 4.79 Å². The van der Waals surface area contributed by atoms with Gasteiger partial charge in [0.25, 0.3) is 0 Å². The molecular formula is C21H23N5O. The molecule has 3 aromatic rings. The van der Waals surface area contributed by atoms with Crippen molar-refractivity contribution in [2.24, 2.45) is 0 Å². The van der Waals surface area contributed by atoms with Crippen LogP contribution in [0.3, 0.4) is 0 Å². The summed E-state index contributed by atoms with van der Waals surface area (Å²) in [5.41, 5.74) is 2.71. The molecule has 0 radical (unpaired) electrons.